The average Bonchev–Trinajstić information content (AvgIpc) is 3.37. The Hall–Kier alpha value is -2.61. The number of nitrogens with zero attached hydrogens (tertiary/aromatic N) is 3. The van der Waals surface area contributed by atoms with Gasteiger partial charge in [-0.2, -0.15) is 0 Å². The van der Waals surface area contributed by atoms with Gasteiger partial charge in [-0.25, -0.2) is 9.59 Å². The number of carbonyl (C=O) groups is 3. The van der Waals surface area contributed by atoms with Crippen molar-refractivity contribution in [3.05, 3.63) is 35.9 Å². The molecule has 8 heteroatoms. The summed E-state index contributed by atoms with van der Waals surface area (Å²) >= 11 is 0. The van der Waals surface area contributed by atoms with E-state index in [1.54, 1.807) is 0 Å². The normalized spacial score (nSPS) is 25.4. The molecule has 1 aromatic rings. The molecule has 1 aromatic carbocycles. The van der Waals surface area contributed by atoms with Crippen LogP contribution >= 0.6 is 0 Å². The van der Waals surface area contributed by atoms with E-state index in [9.17, 15) is 14.4 Å². The van der Waals surface area contributed by atoms with Crippen molar-refractivity contribution in [2.45, 2.75) is 83.4 Å². The van der Waals surface area contributed by atoms with Crippen molar-refractivity contribution in [1.29, 1.82) is 0 Å². The number of nitrogens with one attached hydrogen (secondary N) is 1. The lowest BCUT2D eigenvalue weighted by atomic mass is 9.80. The van der Waals surface area contributed by atoms with Crippen LogP contribution in [0.4, 0.5) is 9.59 Å². The number of rotatable bonds is 6. The quantitative estimate of drug-likeness (QED) is 0.594. The van der Waals surface area contributed by atoms with Crippen LogP contribution in [0.1, 0.15) is 71.8 Å². The number of urea groups is 1. The van der Waals surface area contributed by atoms with Crippen LogP contribution < -0.4 is 5.32 Å². The van der Waals surface area contributed by atoms with E-state index < -0.39 is 11.1 Å². The van der Waals surface area contributed by atoms with Gasteiger partial charge in [0, 0.05) is 50.6 Å². The Morgan fingerprint density at radius 3 is 2.36 bits per heavy atom. The molecule has 3 heterocycles. The zero-order chi connectivity index (χ0) is 26.1. The standard InChI is InChI=1S/C28H42N4O4/c1-6-15-32-24(33)28(29-25(32)34)13-16-30(17-14-28)23(7-2)22-19-31(26(35)36-27(3,4)5)18-21(22)20-11-9-8-10-12-20/h8-12,21-23H,6-7,13-19H2,1-5H3,(H,29,34)/t21-,22-,23?/m1/s1. The van der Waals surface area contributed by atoms with E-state index in [1.165, 1.54) is 10.5 Å². The predicted octanol–water partition coefficient (Wildman–Crippen LogP) is 4.21. The number of ether oxygens (including phenoxy) is 1. The topological polar surface area (TPSA) is 82.2 Å². The van der Waals surface area contributed by atoms with Gasteiger partial charge in [0.2, 0.25) is 0 Å². The predicted molar refractivity (Wildman–Crippen MR) is 139 cm³/mol. The van der Waals surface area contributed by atoms with Gasteiger partial charge in [0.1, 0.15) is 11.1 Å². The minimum absolute atomic E-state index is 0.0684. The number of imide groups is 1. The molecular weight excluding hydrogens is 456 g/mol. The fourth-order valence-corrected chi connectivity index (χ4v) is 6.26. The summed E-state index contributed by atoms with van der Waals surface area (Å²) in [4.78, 5) is 44.3. The molecule has 0 saturated carbocycles. The number of hydrogen-bond donors (Lipinski definition) is 1. The largest absolute Gasteiger partial charge is 0.444 e. The van der Waals surface area contributed by atoms with Crippen molar-refractivity contribution in [2.24, 2.45) is 5.92 Å². The molecule has 3 atom stereocenters. The number of amides is 4. The van der Waals surface area contributed by atoms with Gasteiger partial charge in [-0.3, -0.25) is 14.6 Å². The first-order valence-corrected chi connectivity index (χ1v) is 13.5. The maximum Gasteiger partial charge on any atom is 0.410 e. The lowest BCUT2D eigenvalue weighted by Gasteiger charge is -2.43. The van der Waals surface area contributed by atoms with Crippen LogP contribution in [0.5, 0.6) is 0 Å². The smallest absolute Gasteiger partial charge is 0.410 e. The average molecular weight is 499 g/mol. The second-order valence-corrected chi connectivity index (χ2v) is 11.5. The SMILES string of the molecule is CCCN1C(=O)NC2(CCN(C(CC)[C@@H]3CN(C(=O)OC(C)(C)C)C[C@@H]3c3ccccc3)CC2)C1=O. The Morgan fingerprint density at radius 1 is 1.11 bits per heavy atom. The summed E-state index contributed by atoms with van der Waals surface area (Å²) in [5.74, 6) is 0.401. The van der Waals surface area contributed by atoms with Gasteiger partial charge in [0.15, 0.2) is 0 Å². The van der Waals surface area contributed by atoms with Gasteiger partial charge < -0.3 is 15.0 Å². The highest BCUT2D eigenvalue weighted by atomic mass is 16.6. The minimum atomic E-state index is -0.766. The second kappa shape index (κ2) is 10.4. The van der Waals surface area contributed by atoms with Crippen molar-refractivity contribution < 1.29 is 19.1 Å². The molecule has 0 bridgehead atoms. The first-order chi connectivity index (χ1) is 17.1. The molecule has 4 rings (SSSR count). The van der Waals surface area contributed by atoms with Crippen molar-refractivity contribution >= 4 is 18.0 Å². The number of carbonyl (C=O) groups excluding carboxylic acids is 3. The summed E-state index contributed by atoms with van der Waals surface area (Å²) in [6.45, 7) is 13.1. The van der Waals surface area contributed by atoms with E-state index >= 15 is 0 Å². The number of hydrogen-bond acceptors (Lipinski definition) is 5. The van der Waals surface area contributed by atoms with Gasteiger partial charge in [0.05, 0.1) is 0 Å². The van der Waals surface area contributed by atoms with E-state index in [4.69, 9.17) is 4.74 Å². The summed E-state index contributed by atoms with van der Waals surface area (Å²) in [6, 6.07) is 10.5. The molecule has 1 unspecified atom stereocenters. The van der Waals surface area contributed by atoms with E-state index in [0.717, 1.165) is 25.9 Å². The highest BCUT2D eigenvalue weighted by Crippen LogP contribution is 2.40. The van der Waals surface area contributed by atoms with Crippen LogP contribution in [0.3, 0.4) is 0 Å². The van der Waals surface area contributed by atoms with E-state index in [-0.39, 0.29) is 35.9 Å². The Morgan fingerprint density at radius 2 is 1.78 bits per heavy atom. The summed E-state index contributed by atoms with van der Waals surface area (Å²) < 4.78 is 5.72. The lowest BCUT2D eigenvalue weighted by molar-refractivity contribution is -0.133. The van der Waals surface area contributed by atoms with Crippen molar-refractivity contribution in [1.82, 2.24) is 20.0 Å². The Labute approximate surface area is 215 Å². The third kappa shape index (κ3) is 5.24. The van der Waals surface area contributed by atoms with Crippen LogP contribution in [0.2, 0.25) is 0 Å². The molecule has 3 fully saturated rings. The maximum absolute atomic E-state index is 13.1. The fourth-order valence-electron chi connectivity index (χ4n) is 6.26. The molecule has 3 aliphatic heterocycles. The van der Waals surface area contributed by atoms with Crippen LogP contribution in [-0.2, 0) is 9.53 Å². The second-order valence-electron chi connectivity index (χ2n) is 11.5. The van der Waals surface area contributed by atoms with Crippen LogP contribution in [0.15, 0.2) is 30.3 Å². The molecule has 0 radical (unpaired) electrons. The van der Waals surface area contributed by atoms with E-state index in [1.807, 2.05) is 38.7 Å². The third-order valence-electron chi connectivity index (χ3n) is 7.97. The molecule has 4 amide bonds. The maximum atomic E-state index is 13.1. The summed E-state index contributed by atoms with van der Waals surface area (Å²) in [6.07, 6.45) is 2.69. The van der Waals surface area contributed by atoms with Gasteiger partial charge in [0.25, 0.3) is 5.91 Å². The van der Waals surface area contributed by atoms with Crippen LogP contribution in [0.25, 0.3) is 0 Å². The summed E-state index contributed by atoms with van der Waals surface area (Å²) in [5, 5.41) is 3.02. The van der Waals surface area contributed by atoms with Crippen LogP contribution in [0, 0.1) is 5.92 Å². The molecule has 8 nitrogen and oxygen atoms in total. The van der Waals surface area contributed by atoms with Gasteiger partial charge in [-0.15, -0.1) is 0 Å². The van der Waals surface area contributed by atoms with E-state index in [2.05, 4.69) is 41.4 Å². The highest BCUT2D eigenvalue weighted by molar-refractivity contribution is 6.07. The Bertz CT molecular complexity index is 952. The number of likely N-dealkylation sites (tertiary alicyclic amines) is 2. The molecule has 1 spiro atoms. The Kier molecular flexibility index (Phi) is 7.64. The number of benzene rings is 1. The molecule has 36 heavy (non-hydrogen) atoms. The van der Waals surface area contributed by atoms with Gasteiger partial charge >= 0.3 is 12.1 Å². The monoisotopic (exact) mass is 498 g/mol. The van der Waals surface area contributed by atoms with E-state index in [0.29, 0.717) is 32.5 Å². The molecular formula is C28H42N4O4. The lowest BCUT2D eigenvalue weighted by Crippen LogP contribution is -2.57. The Balaban J connectivity index is 1.51. The van der Waals surface area contributed by atoms with Crippen molar-refractivity contribution in [2.75, 3.05) is 32.7 Å². The molecule has 1 N–H and O–H groups in total. The van der Waals surface area contributed by atoms with Gasteiger partial charge in [-0.1, -0.05) is 44.2 Å². The molecule has 0 aliphatic carbocycles. The molecule has 3 aliphatic rings. The van der Waals surface area contributed by atoms with Crippen molar-refractivity contribution in [3.8, 4) is 0 Å². The van der Waals surface area contributed by atoms with Gasteiger partial charge in [-0.05, 0) is 52.0 Å². The van der Waals surface area contributed by atoms with Crippen LogP contribution in [-0.4, -0.2) is 82.6 Å². The molecule has 3 saturated heterocycles. The zero-order valence-corrected chi connectivity index (χ0v) is 22.5. The summed E-state index contributed by atoms with van der Waals surface area (Å²) in [5.41, 5.74) is -0.0564. The first-order valence-electron chi connectivity index (χ1n) is 13.5. The van der Waals surface area contributed by atoms with Crippen molar-refractivity contribution in [3.63, 3.8) is 0 Å². The summed E-state index contributed by atoms with van der Waals surface area (Å²) in [7, 11) is 0. The zero-order valence-electron chi connectivity index (χ0n) is 22.5. The highest BCUT2D eigenvalue weighted by Gasteiger charge is 2.53. The molecule has 0 aromatic heterocycles. The fraction of sp³-hybridized carbons (Fsp3) is 0.679. The first kappa shape index (κ1) is 26.5. The number of piperidine rings is 1. The third-order valence-corrected chi connectivity index (χ3v) is 7.97. The molecule has 198 valence electrons. The minimum Gasteiger partial charge on any atom is -0.444 e.